The Labute approximate surface area is 122 Å². The molecule has 1 N–H and O–H groups in total. The molecule has 0 aliphatic carbocycles. The molecule has 1 fully saturated rings. The van der Waals surface area contributed by atoms with Crippen LogP contribution >= 0.6 is 0 Å². The lowest BCUT2D eigenvalue weighted by Crippen LogP contribution is -2.41. The molecule has 0 aromatic rings. The van der Waals surface area contributed by atoms with Crippen LogP contribution in [0.15, 0.2) is 0 Å². The number of nitrogens with zero attached hydrogens (tertiary/aromatic N) is 2. The Balaban J connectivity index is 2.40. The molecule has 5 heteroatoms. The van der Waals surface area contributed by atoms with Gasteiger partial charge in [-0.05, 0) is 44.7 Å². The number of hydrogen-bond acceptors (Lipinski definition) is 3. The second-order valence-corrected chi connectivity index (χ2v) is 5.84. The van der Waals surface area contributed by atoms with Crippen LogP contribution in [0.4, 0.5) is 0 Å². The fourth-order valence-corrected chi connectivity index (χ4v) is 2.52. The van der Waals surface area contributed by atoms with Gasteiger partial charge in [-0.2, -0.15) is 0 Å². The molecule has 1 aliphatic heterocycles. The summed E-state index contributed by atoms with van der Waals surface area (Å²) >= 11 is 0. The standard InChI is InChI=1S/C15H29N3O2/c1-4-11-18(12-15(20)17(2)3)14(19)6-5-13-7-9-16-10-8-13/h13,16H,4-12H2,1-3H3. The summed E-state index contributed by atoms with van der Waals surface area (Å²) in [5.41, 5.74) is 0. The Morgan fingerprint density at radius 3 is 2.35 bits per heavy atom. The number of piperidine rings is 1. The number of nitrogens with one attached hydrogen (secondary N) is 1. The molecular formula is C15H29N3O2. The van der Waals surface area contributed by atoms with Crippen molar-refractivity contribution in [3.63, 3.8) is 0 Å². The van der Waals surface area contributed by atoms with Crippen LogP contribution in [0.1, 0.15) is 39.0 Å². The summed E-state index contributed by atoms with van der Waals surface area (Å²) in [5, 5.41) is 3.34. The number of rotatable bonds is 7. The van der Waals surface area contributed by atoms with Crippen LogP contribution in [0, 0.1) is 5.92 Å². The topological polar surface area (TPSA) is 52.7 Å². The second kappa shape index (κ2) is 8.95. The van der Waals surface area contributed by atoms with E-state index >= 15 is 0 Å². The molecule has 0 spiro atoms. The van der Waals surface area contributed by atoms with E-state index < -0.39 is 0 Å². The van der Waals surface area contributed by atoms with Crippen molar-refractivity contribution < 1.29 is 9.59 Å². The van der Waals surface area contributed by atoms with Crippen molar-refractivity contribution in [2.75, 3.05) is 40.3 Å². The first kappa shape index (κ1) is 17.0. The van der Waals surface area contributed by atoms with Crippen LogP contribution in [-0.2, 0) is 9.59 Å². The molecule has 1 aliphatic rings. The van der Waals surface area contributed by atoms with Gasteiger partial charge in [0.1, 0.15) is 0 Å². The van der Waals surface area contributed by atoms with Gasteiger partial charge in [0.2, 0.25) is 11.8 Å². The molecule has 0 aromatic carbocycles. The van der Waals surface area contributed by atoms with Gasteiger partial charge in [-0.25, -0.2) is 0 Å². The molecule has 20 heavy (non-hydrogen) atoms. The normalized spacial score (nSPS) is 15.9. The SMILES string of the molecule is CCCN(CC(=O)N(C)C)C(=O)CCC1CCNCC1. The summed E-state index contributed by atoms with van der Waals surface area (Å²) in [4.78, 5) is 27.3. The van der Waals surface area contributed by atoms with Crippen LogP contribution in [0.25, 0.3) is 0 Å². The van der Waals surface area contributed by atoms with Crippen molar-refractivity contribution in [1.29, 1.82) is 0 Å². The van der Waals surface area contributed by atoms with Crippen LogP contribution in [0.3, 0.4) is 0 Å². The van der Waals surface area contributed by atoms with Crippen molar-refractivity contribution in [2.45, 2.75) is 39.0 Å². The van der Waals surface area contributed by atoms with Gasteiger partial charge in [0, 0.05) is 27.1 Å². The van der Waals surface area contributed by atoms with E-state index in [4.69, 9.17) is 0 Å². The van der Waals surface area contributed by atoms with Crippen LogP contribution < -0.4 is 5.32 Å². The van der Waals surface area contributed by atoms with Crippen molar-refractivity contribution in [2.24, 2.45) is 5.92 Å². The molecule has 2 amide bonds. The Morgan fingerprint density at radius 2 is 1.80 bits per heavy atom. The highest BCUT2D eigenvalue weighted by atomic mass is 16.2. The van der Waals surface area contributed by atoms with Gasteiger partial charge in [-0.3, -0.25) is 9.59 Å². The van der Waals surface area contributed by atoms with Gasteiger partial charge in [0.25, 0.3) is 0 Å². The maximum Gasteiger partial charge on any atom is 0.241 e. The van der Waals surface area contributed by atoms with E-state index in [0.717, 1.165) is 38.8 Å². The van der Waals surface area contributed by atoms with E-state index in [1.807, 2.05) is 6.92 Å². The third-order valence-corrected chi connectivity index (χ3v) is 3.90. The molecule has 0 unspecified atom stereocenters. The van der Waals surface area contributed by atoms with Gasteiger partial charge in [0.05, 0.1) is 6.54 Å². The van der Waals surface area contributed by atoms with Crippen LogP contribution in [-0.4, -0.2) is 61.9 Å². The zero-order valence-electron chi connectivity index (χ0n) is 13.2. The lowest BCUT2D eigenvalue weighted by molar-refractivity contribution is -0.139. The summed E-state index contributed by atoms with van der Waals surface area (Å²) in [6, 6.07) is 0. The monoisotopic (exact) mass is 283 g/mol. The molecule has 0 bridgehead atoms. The van der Waals surface area contributed by atoms with E-state index in [0.29, 0.717) is 18.9 Å². The predicted molar refractivity (Wildman–Crippen MR) is 80.4 cm³/mol. The second-order valence-electron chi connectivity index (χ2n) is 5.84. The maximum absolute atomic E-state index is 12.3. The molecule has 5 nitrogen and oxygen atoms in total. The number of amides is 2. The lowest BCUT2D eigenvalue weighted by atomic mass is 9.93. The summed E-state index contributed by atoms with van der Waals surface area (Å²) < 4.78 is 0. The Morgan fingerprint density at radius 1 is 1.15 bits per heavy atom. The molecule has 1 rings (SSSR count). The highest BCUT2D eigenvalue weighted by Crippen LogP contribution is 2.18. The van der Waals surface area contributed by atoms with E-state index in [2.05, 4.69) is 5.32 Å². The molecule has 0 radical (unpaired) electrons. The number of carbonyl (C=O) groups excluding carboxylic acids is 2. The van der Waals surface area contributed by atoms with Crippen LogP contribution in [0.5, 0.6) is 0 Å². The minimum atomic E-state index is -0.00586. The van der Waals surface area contributed by atoms with Crippen LogP contribution in [0.2, 0.25) is 0 Å². The van der Waals surface area contributed by atoms with Crippen molar-refractivity contribution in [3.05, 3.63) is 0 Å². The van der Waals surface area contributed by atoms with Gasteiger partial charge in [0.15, 0.2) is 0 Å². The maximum atomic E-state index is 12.3. The predicted octanol–water partition coefficient (Wildman–Crippen LogP) is 1.09. The summed E-state index contributed by atoms with van der Waals surface area (Å²) in [6.07, 6.45) is 4.75. The quantitative estimate of drug-likeness (QED) is 0.761. The molecule has 0 atom stereocenters. The number of carbonyl (C=O) groups is 2. The summed E-state index contributed by atoms with van der Waals surface area (Å²) in [5.74, 6) is 0.780. The van der Waals surface area contributed by atoms with Crippen molar-refractivity contribution in [3.8, 4) is 0 Å². The molecule has 1 heterocycles. The Kier molecular flexibility index (Phi) is 7.59. The third-order valence-electron chi connectivity index (χ3n) is 3.90. The molecule has 0 saturated carbocycles. The van der Waals surface area contributed by atoms with Crippen molar-refractivity contribution in [1.82, 2.24) is 15.1 Å². The summed E-state index contributed by atoms with van der Waals surface area (Å²) in [7, 11) is 3.46. The van der Waals surface area contributed by atoms with E-state index in [9.17, 15) is 9.59 Å². The smallest absolute Gasteiger partial charge is 0.241 e. The zero-order valence-corrected chi connectivity index (χ0v) is 13.2. The van der Waals surface area contributed by atoms with Gasteiger partial charge < -0.3 is 15.1 Å². The van der Waals surface area contributed by atoms with Gasteiger partial charge in [-0.15, -0.1) is 0 Å². The largest absolute Gasteiger partial charge is 0.347 e. The Hall–Kier alpha value is -1.10. The Bertz CT molecular complexity index is 312. The van der Waals surface area contributed by atoms with E-state index in [1.165, 1.54) is 0 Å². The van der Waals surface area contributed by atoms with E-state index in [1.54, 1.807) is 23.9 Å². The van der Waals surface area contributed by atoms with Gasteiger partial charge in [-0.1, -0.05) is 6.92 Å². The molecule has 1 saturated heterocycles. The highest BCUT2D eigenvalue weighted by molar-refractivity contribution is 5.84. The fraction of sp³-hybridized carbons (Fsp3) is 0.867. The summed E-state index contributed by atoms with van der Waals surface area (Å²) in [6.45, 7) is 5.05. The number of hydrogen-bond donors (Lipinski definition) is 1. The molecule has 116 valence electrons. The van der Waals surface area contributed by atoms with E-state index in [-0.39, 0.29) is 18.4 Å². The van der Waals surface area contributed by atoms with Gasteiger partial charge >= 0.3 is 0 Å². The van der Waals surface area contributed by atoms with Crippen molar-refractivity contribution >= 4 is 11.8 Å². The highest BCUT2D eigenvalue weighted by Gasteiger charge is 2.20. The molecule has 0 aromatic heterocycles. The third kappa shape index (κ3) is 5.90. The first-order chi connectivity index (χ1) is 9.54. The minimum absolute atomic E-state index is 0.00586. The molecular weight excluding hydrogens is 254 g/mol. The minimum Gasteiger partial charge on any atom is -0.347 e. The zero-order chi connectivity index (χ0) is 15.0. The first-order valence-electron chi connectivity index (χ1n) is 7.73. The average Bonchev–Trinajstić information content (AvgIpc) is 2.45. The first-order valence-corrected chi connectivity index (χ1v) is 7.73. The fourth-order valence-electron chi connectivity index (χ4n) is 2.52. The average molecular weight is 283 g/mol. The lowest BCUT2D eigenvalue weighted by Gasteiger charge is -2.26. The number of likely N-dealkylation sites (N-methyl/N-ethyl adjacent to an activating group) is 1.